The van der Waals surface area contributed by atoms with Gasteiger partial charge in [0.15, 0.2) is 0 Å². The zero-order valence-corrected chi connectivity index (χ0v) is 6.14. The van der Waals surface area contributed by atoms with E-state index < -0.39 is 0 Å². The minimum absolute atomic E-state index is 0.0638. The van der Waals surface area contributed by atoms with Gasteiger partial charge in [-0.15, -0.1) is 0 Å². The van der Waals surface area contributed by atoms with Crippen molar-refractivity contribution in [2.24, 2.45) is 0 Å². The summed E-state index contributed by atoms with van der Waals surface area (Å²) < 4.78 is 4.61. The quantitative estimate of drug-likeness (QED) is 0.668. The van der Waals surface area contributed by atoms with Crippen molar-refractivity contribution in [3.8, 4) is 11.4 Å². The molecule has 2 aromatic heterocycles. The third-order valence-corrected chi connectivity index (χ3v) is 1.36. The molecule has 12 heavy (non-hydrogen) atoms. The molecule has 2 heterocycles. The van der Waals surface area contributed by atoms with Gasteiger partial charge in [0.1, 0.15) is 0 Å². The van der Waals surface area contributed by atoms with Crippen LogP contribution in [0.4, 0.5) is 6.01 Å². The van der Waals surface area contributed by atoms with E-state index in [9.17, 15) is 0 Å². The Hall–Kier alpha value is -1.91. The first kappa shape index (κ1) is 6.78. The van der Waals surface area contributed by atoms with Gasteiger partial charge in [-0.05, 0) is 12.1 Å². The third-order valence-electron chi connectivity index (χ3n) is 1.36. The van der Waals surface area contributed by atoms with E-state index in [1.807, 2.05) is 6.07 Å². The van der Waals surface area contributed by atoms with Crippen LogP contribution in [0.1, 0.15) is 0 Å². The second kappa shape index (κ2) is 2.61. The van der Waals surface area contributed by atoms with Gasteiger partial charge in [0.05, 0.1) is 0 Å². The number of pyridine rings is 1. The number of aromatic nitrogens is 3. The molecule has 0 saturated heterocycles. The van der Waals surface area contributed by atoms with E-state index in [2.05, 4.69) is 19.6 Å². The molecule has 0 amide bonds. The molecule has 0 aliphatic rings. The molecule has 2 N–H and O–H groups in total. The summed E-state index contributed by atoms with van der Waals surface area (Å²) >= 11 is 0. The Kier molecular flexibility index (Phi) is 1.48. The van der Waals surface area contributed by atoms with E-state index in [-0.39, 0.29) is 6.01 Å². The lowest BCUT2D eigenvalue weighted by molar-refractivity contribution is 0.437. The lowest BCUT2D eigenvalue weighted by Crippen LogP contribution is -1.84. The average molecular weight is 162 g/mol. The maximum absolute atomic E-state index is 5.26. The van der Waals surface area contributed by atoms with Crippen LogP contribution in [0.5, 0.6) is 0 Å². The smallest absolute Gasteiger partial charge is 0.319 e. The van der Waals surface area contributed by atoms with Crippen molar-refractivity contribution in [3.05, 3.63) is 24.5 Å². The molecule has 0 fully saturated rings. The molecule has 0 aliphatic carbocycles. The number of hydrogen-bond donors (Lipinski definition) is 1. The van der Waals surface area contributed by atoms with E-state index >= 15 is 0 Å². The second-order valence-electron chi connectivity index (χ2n) is 2.20. The first-order valence-electron chi connectivity index (χ1n) is 3.36. The standard InChI is InChI=1S/C7H6N4O/c8-7-10-6(11-12-7)5-2-1-3-9-4-5/h1-4H,(H2,8,10,11). The Morgan fingerprint density at radius 3 is 2.92 bits per heavy atom. The molecule has 0 atom stereocenters. The zero-order chi connectivity index (χ0) is 8.39. The van der Waals surface area contributed by atoms with Gasteiger partial charge in [-0.3, -0.25) is 4.98 Å². The molecule has 0 aromatic carbocycles. The minimum Gasteiger partial charge on any atom is -0.351 e. The monoisotopic (exact) mass is 162 g/mol. The van der Waals surface area contributed by atoms with Crippen LogP contribution in [0.3, 0.4) is 0 Å². The van der Waals surface area contributed by atoms with Crippen molar-refractivity contribution in [1.29, 1.82) is 0 Å². The fourth-order valence-electron chi connectivity index (χ4n) is 0.847. The molecule has 0 unspecified atom stereocenters. The topological polar surface area (TPSA) is 77.8 Å². The highest BCUT2D eigenvalue weighted by Crippen LogP contribution is 2.13. The summed E-state index contributed by atoms with van der Waals surface area (Å²) in [7, 11) is 0. The van der Waals surface area contributed by atoms with Crippen LogP contribution in [0.25, 0.3) is 11.4 Å². The summed E-state index contributed by atoms with van der Waals surface area (Å²) in [6, 6.07) is 3.69. The summed E-state index contributed by atoms with van der Waals surface area (Å²) in [6.07, 6.45) is 3.32. The van der Waals surface area contributed by atoms with Gasteiger partial charge in [0.25, 0.3) is 0 Å². The number of nitrogens with two attached hydrogens (primary N) is 1. The lowest BCUT2D eigenvalue weighted by Gasteiger charge is -1.88. The zero-order valence-electron chi connectivity index (χ0n) is 6.14. The maximum Gasteiger partial charge on any atom is 0.319 e. The molecule has 2 aromatic rings. The van der Waals surface area contributed by atoms with Crippen LogP contribution in [0.15, 0.2) is 29.0 Å². The molecule has 60 valence electrons. The van der Waals surface area contributed by atoms with Crippen molar-refractivity contribution >= 4 is 6.01 Å². The molecule has 0 aliphatic heterocycles. The van der Waals surface area contributed by atoms with Crippen LogP contribution in [-0.4, -0.2) is 15.1 Å². The Labute approximate surface area is 68.2 Å². The third kappa shape index (κ3) is 1.12. The Balaban J connectivity index is 2.45. The van der Waals surface area contributed by atoms with Crippen LogP contribution in [0.2, 0.25) is 0 Å². The number of anilines is 1. The van der Waals surface area contributed by atoms with E-state index in [1.54, 1.807) is 18.5 Å². The molecule has 2 rings (SSSR count). The number of nitrogen functional groups attached to an aromatic ring is 1. The van der Waals surface area contributed by atoms with Gasteiger partial charge in [0, 0.05) is 18.0 Å². The summed E-state index contributed by atoms with van der Waals surface area (Å²) in [5.41, 5.74) is 6.05. The second-order valence-corrected chi connectivity index (χ2v) is 2.20. The van der Waals surface area contributed by atoms with E-state index in [0.717, 1.165) is 5.56 Å². The first-order valence-corrected chi connectivity index (χ1v) is 3.36. The van der Waals surface area contributed by atoms with Gasteiger partial charge < -0.3 is 10.3 Å². The highest BCUT2D eigenvalue weighted by molar-refractivity contribution is 5.52. The van der Waals surface area contributed by atoms with Gasteiger partial charge in [-0.25, -0.2) is 0 Å². The van der Waals surface area contributed by atoms with Crippen molar-refractivity contribution in [2.75, 3.05) is 5.73 Å². The summed E-state index contributed by atoms with van der Waals surface area (Å²) in [5.74, 6) is 0.459. The van der Waals surface area contributed by atoms with Gasteiger partial charge in [0.2, 0.25) is 5.82 Å². The number of hydrogen-bond acceptors (Lipinski definition) is 5. The normalized spacial score (nSPS) is 10.0. The average Bonchev–Trinajstić information content (AvgIpc) is 2.54. The predicted molar refractivity (Wildman–Crippen MR) is 41.9 cm³/mol. The number of rotatable bonds is 1. The van der Waals surface area contributed by atoms with Crippen molar-refractivity contribution in [2.45, 2.75) is 0 Å². The number of nitrogens with zero attached hydrogens (tertiary/aromatic N) is 3. The molecule has 0 saturated carbocycles. The predicted octanol–water partition coefficient (Wildman–Crippen LogP) is 0.714. The lowest BCUT2D eigenvalue weighted by atomic mass is 10.3. The van der Waals surface area contributed by atoms with Crippen LogP contribution < -0.4 is 5.73 Å². The SMILES string of the molecule is Nc1nc(-c2cccnc2)no1. The van der Waals surface area contributed by atoms with E-state index in [1.165, 1.54) is 0 Å². The first-order chi connectivity index (χ1) is 5.86. The van der Waals surface area contributed by atoms with Crippen LogP contribution in [-0.2, 0) is 0 Å². The summed E-state index contributed by atoms with van der Waals surface area (Å²) in [6.45, 7) is 0. The molecule has 5 nitrogen and oxygen atoms in total. The van der Waals surface area contributed by atoms with Gasteiger partial charge in [-0.2, -0.15) is 4.98 Å². The van der Waals surface area contributed by atoms with Crippen molar-refractivity contribution in [3.63, 3.8) is 0 Å². The van der Waals surface area contributed by atoms with E-state index in [0.29, 0.717) is 5.82 Å². The Bertz CT molecular complexity index is 370. The van der Waals surface area contributed by atoms with Gasteiger partial charge in [-0.1, -0.05) is 5.16 Å². The molecule has 0 bridgehead atoms. The highest BCUT2D eigenvalue weighted by Gasteiger charge is 2.04. The van der Waals surface area contributed by atoms with Crippen molar-refractivity contribution < 1.29 is 4.52 Å². The Morgan fingerprint density at radius 2 is 2.33 bits per heavy atom. The van der Waals surface area contributed by atoms with Crippen molar-refractivity contribution in [1.82, 2.24) is 15.1 Å². The van der Waals surface area contributed by atoms with Gasteiger partial charge >= 0.3 is 6.01 Å². The molecule has 5 heteroatoms. The summed E-state index contributed by atoms with van der Waals surface area (Å²) in [5, 5.41) is 3.63. The van der Waals surface area contributed by atoms with Crippen LogP contribution in [0, 0.1) is 0 Å². The largest absolute Gasteiger partial charge is 0.351 e. The molecule has 0 spiro atoms. The molecular weight excluding hydrogens is 156 g/mol. The maximum atomic E-state index is 5.26. The summed E-state index contributed by atoms with van der Waals surface area (Å²) in [4.78, 5) is 7.75. The molecular formula is C7H6N4O. The van der Waals surface area contributed by atoms with Crippen LogP contribution >= 0.6 is 0 Å². The highest BCUT2D eigenvalue weighted by atomic mass is 16.5. The Morgan fingerprint density at radius 1 is 1.42 bits per heavy atom. The van der Waals surface area contributed by atoms with E-state index in [4.69, 9.17) is 5.73 Å². The molecule has 0 radical (unpaired) electrons. The fourth-order valence-corrected chi connectivity index (χ4v) is 0.847. The fraction of sp³-hybridized carbons (Fsp3) is 0. The minimum atomic E-state index is 0.0638.